The molecule has 9 atom stereocenters. The number of nitrogens with one attached hydrogen (secondary N) is 8. The fourth-order valence-corrected chi connectivity index (χ4v) is 9.19. The van der Waals surface area contributed by atoms with Crippen LogP contribution in [0.1, 0.15) is 130 Å². The molecule has 3 aromatic rings. The molecule has 1 heterocycles. The van der Waals surface area contributed by atoms with Crippen molar-refractivity contribution in [1.82, 2.24) is 42.2 Å². The SMILES string of the molecule is CCC(C)[C@H](NC(=O)[C@H](CCC(N)=O)CC(=O)[C@H](CCCNC(N)N)NC(=O)CCNC(C)=O)C(=O)C[C@@H](CCCCN)C(=O)N[C@H](C(=O)N[C@@H](Cc1c[nH]c2ccccc12)C(=O)N[C@@H](Cc1ccccc1)C(C)=O)C(C)CC. The lowest BCUT2D eigenvalue weighted by Gasteiger charge is -2.30. The van der Waals surface area contributed by atoms with Crippen LogP contribution < -0.4 is 60.2 Å². The van der Waals surface area contributed by atoms with Gasteiger partial charge in [0, 0.05) is 74.5 Å². The molecule has 0 bridgehead atoms. The number of benzene rings is 2. The Balaban J connectivity index is 1.92. The number of carbonyl (C=O) groups excluding carboxylic acids is 10. The Morgan fingerprint density at radius 1 is 0.595 bits per heavy atom. The summed E-state index contributed by atoms with van der Waals surface area (Å²) in [5.74, 6) is -8.52. The minimum Gasteiger partial charge on any atom is -0.370 e. The Morgan fingerprint density at radius 3 is 1.82 bits per heavy atom. The van der Waals surface area contributed by atoms with Crippen molar-refractivity contribution in [3.8, 4) is 0 Å². The van der Waals surface area contributed by atoms with E-state index < -0.39 is 114 Å². The lowest BCUT2D eigenvalue weighted by Crippen LogP contribution is -2.58. The highest BCUT2D eigenvalue weighted by Gasteiger charge is 2.37. The van der Waals surface area contributed by atoms with Gasteiger partial charge >= 0.3 is 0 Å². The molecule has 0 radical (unpaired) electrons. The number of fused-ring (bicyclic) bond motifs is 1. The first-order valence-electron chi connectivity index (χ1n) is 27.7. The molecule has 0 aliphatic heterocycles. The highest BCUT2D eigenvalue weighted by Crippen LogP contribution is 2.24. The zero-order valence-electron chi connectivity index (χ0n) is 47.0. The van der Waals surface area contributed by atoms with Crippen molar-refractivity contribution in [2.75, 3.05) is 19.6 Å². The van der Waals surface area contributed by atoms with Gasteiger partial charge in [0.2, 0.25) is 41.4 Å². The number of rotatable bonds is 39. The summed E-state index contributed by atoms with van der Waals surface area (Å²) in [5, 5.41) is 20.4. The normalized spacial score (nSPS) is 14.8. The minimum absolute atomic E-state index is 0.0256. The van der Waals surface area contributed by atoms with E-state index in [9.17, 15) is 47.9 Å². The molecule has 0 saturated heterocycles. The van der Waals surface area contributed by atoms with Crippen molar-refractivity contribution in [2.24, 2.45) is 46.6 Å². The molecule has 3 rings (SSSR count). The average Bonchev–Trinajstić information content (AvgIpc) is 3.82. The first kappa shape index (κ1) is 66.4. The van der Waals surface area contributed by atoms with Crippen LogP contribution >= 0.6 is 0 Å². The van der Waals surface area contributed by atoms with Gasteiger partial charge in [0.25, 0.3) is 0 Å². The van der Waals surface area contributed by atoms with Crippen LogP contribution in [0.2, 0.25) is 0 Å². The molecular weight excluding hydrogens is 1010 g/mol. The standard InChI is InChI=1S/C57H88N12O10/c1-7-34(3)51(68-54(77)40(23-24-49(59)74)31-47(72)44(22-16-27-63-57(60)61)65-50(75)25-28-62-37(6)71)48(73)32-39(19-14-15-26-58)53(76)69-52(35(4)8-2)56(79)67-46(30-41-33-64-43-21-13-12-20-42(41)43)55(78)66-45(36(5)70)29-38-17-10-9-11-18-38/h9-13,17-18,20-21,33-35,39-40,44-46,51-52,57,63-64H,7-8,14-16,19,22-32,58,60-61H2,1-6H3,(H2,59,74)(H,62,71)(H,65,75)(H,66,78)(H,67,79)(H,68,77)(H,69,76)/t34?,35?,39-,40-,44+,45+,46+,51+,52+/m1/s1. The molecule has 79 heavy (non-hydrogen) atoms. The Morgan fingerprint density at radius 2 is 1.20 bits per heavy atom. The molecule has 0 saturated carbocycles. The van der Waals surface area contributed by atoms with Gasteiger partial charge in [-0.15, -0.1) is 0 Å². The summed E-state index contributed by atoms with van der Waals surface area (Å²) in [6.07, 6.45) is 2.38. The van der Waals surface area contributed by atoms with Crippen LogP contribution in [0.15, 0.2) is 60.8 Å². The number of nitrogens with two attached hydrogens (primary N) is 4. The molecule has 1 aromatic heterocycles. The number of ketones is 3. The highest BCUT2D eigenvalue weighted by atomic mass is 16.2. The van der Waals surface area contributed by atoms with Crippen LogP contribution in [0.4, 0.5) is 0 Å². The van der Waals surface area contributed by atoms with E-state index in [1.165, 1.54) is 13.8 Å². The van der Waals surface area contributed by atoms with Gasteiger partial charge in [0.15, 0.2) is 17.3 Å². The third-order valence-electron chi connectivity index (χ3n) is 14.4. The van der Waals surface area contributed by atoms with E-state index in [2.05, 4.69) is 42.2 Å². The van der Waals surface area contributed by atoms with Crippen LogP contribution in [0.5, 0.6) is 0 Å². The molecular formula is C57H88N12O10. The summed E-state index contributed by atoms with van der Waals surface area (Å²) in [4.78, 5) is 139. The van der Waals surface area contributed by atoms with E-state index in [1.807, 2.05) is 68.4 Å². The van der Waals surface area contributed by atoms with Gasteiger partial charge in [-0.25, -0.2) is 0 Å². The van der Waals surface area contributed by atoms with Gasteiger partial charge in [0.1, 0.15) is 18.4 Å². The molecule has 16 N–H and O–H groups in total. The number of H-pyrrole nitrogens is 1. The smallest absolute Gasteiger partial charge is 0.243 e. The molecule has 2 aromatic carbocycles. The Kier molecular flexibility index (Phi) is 29.3. The van der Waals surface area contributed by atoms with Crippen LogP contribution in [-0.4, -0.2) is 120 Å². The summed E-state index contributed by atoms with van der Waals surface area (Å²) in [6, 6.07) is 11.2. The van der Waals surface area contributed by atoms with Gasteiger partial charge in [-0.1, -0.05) is 95.5 Å². The number of aromatic nitrogens is 1. The van der Waals surface area contributed by atoms with Crippen LogP contribution in [0.25, 0.3) is 10.9 Å². The van der Waals surface area contributed by atoms with Gasteiger partial charge in [0.05, 0.1) is 18.1 Å². The maximum Gasteiger partial charge on any atom is 0.243 e. The lowest BCUT2D eigenvalue weighted by atomic mass is 9.86. The first-order chi connectivity index (χ1) is 37.6. The zero-order chi connectivity index (χ0) is 58.6. The van der Waals surface area contributed by atoms with Crippen molar-refractivity contribution in [3.05, 3.63) is 71.9 Å². The number of primary amides is 1. The third kappa shape index (κ3) is 23.5. The van der Waals surface area contributed by atoms with Crippen molar-refractivity contribution < 1.29 is 47.9 Å². The fourth-order valence-electron chi connectivity index (χ4n) is 9.19. The summed E-state index contributed by atoms with van der Waals surface area (Å²) < 4.78 is 0. The van der Waals surface area contributed by atoms with Gasteiger partial charge in [-0.3, -0.25) is 53.3 Å². The number of unbranched alkanes of at least 4 members (excludes halogenated alkanes) is 1. The van der Waals surface area contributed by atoms with Crippen molar-refractivity contribution in [1.29, 1.82) is 0 Å². The molecule has 22 heteroatoms. The van der Waals surface area contributed by atoms with E-state index in [0.717, 1.165) is 22.0 Å². The molecule has 7 amide bonds. The number of hydrogen-bond donors (Lipinski definition) is 12. The van der Waals surface area contributed by atoms with E-state index in [0.29, 0.717) is 45.2 Å². The predicted octanol–water partition coefficient (Wildman–Crippen LogP) is 1.70. The molecule has 22 nitrogen and oxygen atoms in total. The summed E-state index contributed by atoms with van der Waals surface area (Å²) in [5.41, 5.74) is 25.0. The third-order valence-corrected chi connectivity index (χ3v) is 14.4. The quantitative estimate of drug-likeness (QED) is 0.0286. The van der Waals surface area contributed by atoms with E-state index in [-0.39, 0.29) is 69.6 Å². The van der Waals surface area contributed by atoms with E-state index in [1.54, 1.807) is 20.0 Å². The Bertz CT molecular complexity index is 2490. The van der Waals surface area contributed by atoms with E-state index >= 15 is 0 Å². The van der Waals surface area contributed by atoms with E-state index in [4.69, 9.17) is 22.9 Å². The second kappa shape index (κ2) is 34.9. The maximum absolute atomic E-state index is 14.6. The van der Waals surface area contributed by atoms with Crippen LogP contribution in [0, 0.1) is 23.7 Å². The summed E-state index contributed by atoms with van der Waals surface area (Å²) in [6.45, 7) is 10.6. The van der Waals surface area contributed by atoms with Crippen molar-refractivity contribution >= 4 is 69.6 Å². The largest absolute Gasteiger partial charge is 0.370 e. The Labute approximate surface area is 464 Å². The number of aromatic amines is 1. The minimum atomic E-state index is -1.19. The lowest BCUT2D eigenvalue weighted by molar-refractivity contribution is -0.137. The van der Waals surface area contributed by atoms with Crippen molar-refractivity contribution in [3.63, 3.8) is 0 Å². The molecule has 0 aliphatic rings. The fraction of sp³-hybridized carbons (Fsp3) is 0.579. The number of Topliss-reactive ketones (excluding diaryl/α,β-unsaturated/α-hetero) is 3. The number of amides is 7. The van der Waals surface area contributed by atoms with Gasteiger partial charge in [-0.05, 0) is 87.6 Å². The molecule has 2 unspecified atom stereocenters. The molecule has 0 spiro atoms. The first-order valence-corrected chi connectivity index (χ1v) is 27.7. The summed E-state index contributed by atoms with van der Waals surface area (Å²) in [7, 11) is 0. The Hall–Kier alpha value is -6.88. The molecule has 436 valence electrons. The number of para-hydroxylation sites is 1. The zero-order valence-corrected chi connectivity index (χ0v) is 47.0. The van der Waals surface area contributed by atoms with Crippen LogP contribution in [-0.2, 0) is 60.8 Å². The molecule has 0 aliphatic carbocycles. The average molecular weight is 1100 g/mol. The second-order valence-corrected chi connectivity index (χ2v) is 20.7. The topological polar surface area (TPSA) is 375 Å². The van der Waals surface area contributed by atoms with Crippen LogP contribution in [0.3, 0.4) is 0 Å². The summed E-state index contributed by atoms with van der Waals surface area (Å²) >= 11 is 0. The number of carbonyl (C=O) groups is 10. The van der Waals surface area contributed by atoms with Gasteiger partial charge in [-0.2, -0.15) is 0 Å². The molecule has 0 fully saturated rings. The second-order valence-electron chi connectivity index (χ2n) is 20.7. The predicted molar refractivity (Wildman–Crippen MR) is 302 cm³/mol. The highest BCUT2D eigenvalue weighted by molar-refractivity contribution is 5.98. The van der Waals surface area contributed by atoms with Gasteiger partial charge < -0.3 is 59.8 Å². The van der Waals surface area contributed by atoms with Crippen molar-refractivity contribution in [2.45, 2.75) is 168 Å². The maximum atomic E-state index is 14.6. The monoisotopic (exact) mass is 1100 g/mol. The number of hydrogen-bond acceptors (Lipinski definition) is 14.